The number of carbonyl (C=O) groups is 2. The van der Waals surface area contributed by atoms with Crippen LogP contribution in [0.15, 0.2) is 58.3 Å². The number of hydrogen-bond acceptors (Lipinski definition) is 7. The normalized spacial score (nSPS) is 14.5. The summed E-state index contributed by atoms with van der Waals surface area (Å²) in [5.41, 5.74) is 0.528. The average Bonchev–Trinajstić information content (AvgIpc) is 3.69. The first kappa shape index (κ1) is 24.8. The predicted octanol–water partition coefficient (Wildman–Crippen LogP) is 4.27. The molecule has 1 N–H and O–H groups in total. The van der Waals surface area contributed by atoms with Gasteiger partial charge in [0.1, 0.15) is 24.2 Å². The summed E-state index contributed by atoms with van der Waals surface area (Å²) < 4.78 is 19.3. The van der Waals surface area contributed by atoms with E-state index in [9.17, 15) is 14.0 Å². The van der Waals surface area contributed by atoms with E-state index in [1.807, 2.05) is 24.4 Å². The van der Waals surface area contributed by atoms with Gasteiger partial charge < -0.3 is 14.6 Å². The van der Waals surface area contributed by atoms with Crippen molar-refractivity contribution in [3.63, 3.8) is 0 Å². The van der Waals surface area contributed by atoms with Crippen LogP contribution < -0.4 is 5.32 Å². The molecule has 3 aromatic heterocycles. The first-order valence-corrected chi connectivity index (χ1v) is 13.1. The second-order valence-corrected chi connectivity index (χ2v) is 10.1. The molecule has 4 aromatic rings. The molecular weight excluding hydrogens is 495 g/mol. The molecule has 3 heterocycles. The number of hydrogen-bond donors (Lipinski definition) is 1. The smallest absolute Gasteiger partial charge is 0.247 e. The van der Waals surface area contributed by atoms with E-state index >= 15 is 0 Å². The van der Waals surface area contributed by atoms with Crippen molar-refractivity contribution in [3.8, 4) is 11.6 Å². The Balaban J connectivity index is 1.44. The van der Waals surface area contributed by atoms with Gasteiger partial charge in [0, 0.05) is 10.9 Å². The van der Waals surface area contributed by atoms with Crippen molar-refractivity contribution < 1.29 is 18.4 Å². The van der Waals surface area contributed by atoms with Crippen molar-refractivity contribution in [1.29, 1.82) is 0 Å². The number of furan rings is 1. The summed E-state index contributed by atoms with van der Waals surface area (Å²) in [5, 5.41) is 17.3. The first-order chi connectivity index (χ1) is 18.0. The minimum Gasteiger partial charge on any atom is -0.458 e. The average molecular weight is 523 g/mol. The van der Waals surface area contributed by atoms with Gasteiger partial charge in [0.25, 0.3) is 0 Å². The van der Waals surface area contributed by atoms with E-state index in [0.29, 0.717) is 17.1 Å². The number of rotatable bonds is 9. The lowest BCUT2D eigenvalue weighted by molar-refractivity contribution is -0.142. The Kier molecular flexibility index (Phi) is 7.40. The summed E-state index contributed by atoms with van der Waals surface area (Å²) in [5.74, 6) is 0.347. The van der Waals surface area contributed by atoms with Gasteiger partial charge >= 0.3 is 0 Å². The number of thiophene rings is 1. The van der Waals surface area contributed by atoms with Gasteiger partial charge in [-0.3, -0.25) is 9.59 Å². The molecule has 1 aromatic carbocycles. The van der Waals surface area contributed by atoms with E-state index in [2.05, 4.69) is 20.7 Å². The van der Waals surface area contributed by atoms with Crippen molar-refractivity contribution in [2.75, 3.05) is 0 Å². The first-order valence-electron chi connectivity index (χ1n) is 12.2. The fourth-order valence-corrected chi connectivity index (χ4v) is 5.24. The third kappa shape index (κ3) is 5.93. The molecule has 0 spiro atoms. The van der Waals surface area contributed by atoms with Gasteiger partial charge in [0.05, 0.1) is 6.54 Å². The van der Waals surface area contributed by atoms with Gasteiger partial charge in [-0.1, -0.05) is 31.0 Å². The lowest BCUT2D eigenvalue weighted by Crippen LogP contribution is -2.46. The fraction of sp³-hybridized carbons (Fsp3) is 0.346. The Hall–Kier alpha value is -3.86. The van der Waals surface area contributed by atoms with Gasteiger partial charge in [-0.2, -0.15) is 4.80 Å². The number of aromatic nitrogens is 4. The highest BCUT2D eigenvalue weighted by Gasteiger charge is 2.34. The van der Waals surface area contributed by atoms with E-state index in [-0.39, 0.29) is 36.8 Å². The third-order valence-corrected chi connectivity index (χ3v) is 7.23. The van der Waals surface area contributed by atoms with Crippen LogP contribution in [0.2, 0.25) is 0 Å². The van der Waals surface area contributed by atoms with Crippen LogP contribution in [0.5, 0.6) is 0 Å². The molecule has 0 bridgehead atoms. The molecule has 0 saturated heterocycles. The highest BCUT2D eigenvalue weighted by molar-refractivity contribution is 7.09. The standard InChI is InChI=1S/C26H27FN6O3S/c1-17-8-13-22(36-17)25-29-31-33(30-25)16-23(34)32(15-21-7-4-14-37-21)24(18-9-11-19(27)12-10-18)26(35)28-20-5-2-3-6-20/h4,7-14,20,24H,2-3,5-6,15-16H2,1H3,(H,28,35). The molecule has 1 aliphatic rings. The zero-order valence-corrected chi connectivity index (χ0v) is 21.2. The van der Waals surface area contributed by atoms with Crippen LogP contribution in [0, 0.1) is 12.7 Å². The number of carbonyl (C=O) groups excluding carboxylic acids is 2. The van der Waals surface area contributed by atoms with Gasteiger partial charge in [-0.25, -0.2) is 4.39 Å². The van der Waals surface area contributed by atoms with Crippen LogP contribution in [0.4, 0.5) is 4.39 Å². The van der Waals surface area contributed by atoms with Crippen molar-refractivity contribution in [1.82, 2.24) is 30.4 Å². The molecule has 1 aliphatic carbocycles. The lowest BCUT2D eigenvalue weighted by atomic mass is 10.0. The number of aryl methyl sites for hydroxylation is 1. The zero-order chi connectivity index (χ0) is 25.8. The minimum atomic E-state index is -0.952. The van der Waals surface area contributed by atoms with Crippen LogP contribution in [0.3, 0.4) is 0 Å². The maximum absolute atomic E-state index is 13.8. The Morgan fingerprint density at radius 2 is 1.97 bits per heavy atom. The monoisotopic (exact) mass is 522 g/mol. The number of halogens is 1. The molecule has 0 aliphatic heterocycles. The molecule has 1 saturated carbocycles. The molecule has 192 valence electrons. The summed E-state index contributed by atoms with van der Waals surface area (Å²) in [7, 11) is 0. The van der Waals surface area contributed by atoms with Crippen molar-refractivity contribution >= 4 is 23.2 Å². The van der Waals surface area contributed by atoms with Gasteiger partial charge in [-0.05, 0) is 66.3 Å². The van der Waals surface area contributed by atoms with E-state index in [0.717, 1.165) is 30.6 Å². The van der Waals surface area contributed by atoms with Crippen molar-refractivity contribution in [3.05, 3.63) is 75.9 Å². The molecule has 5 rings (SSSR count). The summed E-state index contributed by atoms with van der Waals surface area (Å²) in [6.07, 6.45) is 3.91. The van der Waals surface area contributed by atoms with Crippen LogP contribution in [0.1, 0.15) is 47.9 Å². The quantitative estimate of drug-likeness (QED) is 0.352. The molecule has 1 atom stereocenters. The largest absolute Gasteiger partial charge is 0.458 e. The Morgan fingerprint density at radius 1 is 1.19 bits per heavy atom. The van der Waals surface area contributed by atoms with Crippen molar-refractivity contribution in [2.45, 2.75) is 57.8 Å². The molecular formula is C26H27FN6O3S. The molecule has 1 unspecified atom stereocenters. The van der Waals surface area contributed by atoms with E-state index < -0.39 is 11.9 Å². The summed E-state index contributed by atoms with van der Waals surface area (Å²) in [6.45, 7) is 1.79. The maximum atomic E-state index is 13.8. The highest BCUT2D eigenvalue weighted by Crippen LogP contribution is 2.27. The summed E-state index contributed by atoms with van der Waals surface area (Å²) in [4.78, 5) is 31.0. The number of nitrogens with one attached hydrogen (secondary N) is 1. The third-order valence-electron chi connectivity index (χ3n) is 6.36. The topological polar surface area (TPSA) is 106 Å². The molecule has 1 fully saturated rings. The van der Waals surface area contributed by atoms with Crippen LogP contribution in [-0.2, 0) is 22.7 Å². The zero-order valence-electron chi connectivity index (χ0n) is 20.3. The molecule has 9 nitrogen and oxygen atoms in total. The second-order valence-electron chi connectivity index (χ2n) is 9.10. The van der Waals surface area contributed by atoms with Gasteiger partial charge in [0.2, 0.25) is 17.6 Å². The molecule has 37 heavy (non-hydrogen) atoms. The lowest BCUT2D eigenvalue weighted by Gasteiger charge is -2.32. The number of nitrogens with zero attached hydrogens (tertiary/aromatic N) is 5. The maximum Gasteiger partial charge on any atom is 0.247 e. The van der Waals surface area contributed by atoms with Gasteiger partial charge in [0.15, 0.2) is 5.76 Å². The highest BCUT2D eigenvalue weighted by atomic mass is 32.1. The Bertz CT molecular complexity index is 1340. The van der Waals surface area contributed by atoms with E-state index in [1.54, 1.807) is 24.3 Å². The SMILES string of the molecule is Cc1ccc(-c2nnn(CC(=O)N(Cc3cccs3)C(C(=O)NC3CCCC3)c3ccc(F)cc3)n2)o1. The molecule has 11 heteroatoms. The Labute approximate surface area is 217 Å². The number of tetrazole rings is 1. The number of benzene rings is 1. The number of amides is 2. The molecule has 0 radical (unpaired) electrons. The summed E-state index contributed by atoms with van der Waals surface area (Å²) in [6, 6.07) is 12.1. The van der Waals surface area contributed by atoms with Crippen LogP contribution in [-0.4, -0.2) is 43.0 Å². The summed E-state index contributed by atoms with van der Waals surface area (Å²) >= 11 is 1.49. The van der Waals surface area contributed by atoms with E-state index in [1.165, 1.54) is 33.2 Å². The molecule has 2 amide bonds. The second kappa shape index (κ2) is 11.0. The Morgan fingerprint density at radius 3 is 2.65 bits per heavy atom. The van der Waals surface area contributed by atoms with Gasteiger partial charge in [-0.15, -0.1) is 21.5 Å². The fourth-order valence-electron chi connectivity index (χ4n) is 4.54. The van der Waals surface area contributed by atoms with Crippen LogP contribution >= 0.6 is 11.3 Å². The predicted molar refractivity (Wildman–Crippen MR) is 135 cm³/mol. The van der Waals surface area contributed by atoms with Crippen LogP contribution in [0.25, 0.3) is 11.6 Å². The van der Waals surface area contributed by atoms with Crippen molar-refractivity contribution in [2.24, 2.45) is 0 Å². The van der Waals surface area contributed by atoms with E-state index in [4.69, 9.17) is 4.42 Å². The minimum absolute atomic E-state index is 0.0606.